The maximum Gasteiger partial charge on any atom is 0.224 e. The average Bonchev–Trinajstić information content (AvgIpc) is 2.96. The Bertz CT molecular complexity index is 859. The molecule has 0 saturated heterocycles. The molecule has 0 aliphatic rings. The summed E-state index contributed by atoms with van der Waals surface area (Å²) in [6.45, 7) is 7.96. The van der Waals surface area contributed by atoms with Gasteiger partial charge in [0.05, 0.1) is 25.2 Å². The van der Waals surface area contributed by atoms with Crippen LogP contribution in [0.15, 0.2) is 72.9 Å². The second-order valence-electron chi connectivity index (χ2n) is 10.1. The van der Waals surface area contributed by atoms with Crippen molar-refractivity contribution in [2.45, 2.75) is 89.9 Å². The Balaban J connectivity index is 3.85. The number of carbonyl (C=O) groups is 2. The van der Waals surface area contributed by atoms with E-state index in [1.54, 1.807) is 21.6 Å². The molecule has 0 rings (SSSR count). The summed E-state index contributed by atoms with van der Waals surface area (Å²) in [6.07, 6.45) is 33.1. The van der Waals surface area contributed by atoms with Crippen molar-refractivity contribution in [3.8, 4) is 0 Å². The van der Waals surface area contributed by atoms with E-state index in [0.717, 1.165) is 50.7 Å². The molecule has 4 N–H and O–H groups in total. The summed E-state index contributed by atoms with van der Waals surface area (Å²) in [6, 6.07) is -0.637. The number of hydrogen-bond acceptors (Lipinski definition) is 6. The van der Waals surface area contributed by atoms with Crippen LogP contribution in [0.25, 0.3) is 0 Å². The Morgan fingerprint density at radius 1 is 0.780 bits per heavy atom. The fourth-order valence-corrected chi connectivity index (χ4v) is 5.90. The molecule has 0 aromatic heterocycles. The van der Waals surface area contributed by atoms with Crippen LogP contribution >= 0.6 is 21.6 Å². The Labute approximate surface area is 257 Å². The van der Waals surface area contributed by atoms with Gasteiger partial charge in [0.25, 0.3) is 0 Å². The summed E-state index contributed by atoms with van der Waals surface area (Å²) in [4.78, 5) is 24.4. The maximum atomic E-state index is 12.4. The fourth-order valence-electron chi connectivity index (χ4n) is 3.23. The Hall–Kier alpha value is -2.00. The third kappa shape index (κ3) is 23.3. The van der Waals surface area contributed by atoms with Gasteiger partial charge in [-0.2, -0.15) is 0 Å². The third-order valence-electron chi connectivity index (χ3n) is 6.14. The Morgan fingerprint density at radius 3 is 1.71 bits per heavy atom. The van der Waals surface area contributed by atoms with Crippen molar-refractivity contribution in [3.05, 3.63) is 72.9 Å². The number of carbonyl (C=O) groups excluding carboxylic acids is 2. The van der Waals surface area contributed by atoms with E-state index in [9.17, 15) is 9.59 Å². The minimum absolute atomic E-state index is 0.0428. The summed E-state index contributed by atoms with van der Waals surface area (Å²) in [5.74, 6) is 0.279. The van der Waals surface area contributed by atoms with Crippen molar-refractivity contribution in [3.63, 3.8) is 0 Å². The highest BCUT2D eigenvalue weighted by molar-refractivity contribution is 8.77. The zero-order valence-electron chi connectivity index (χ0n) is 25.6. The minimum atomic E-state index is -0.637. The van der Waals surface area contributed by atoms with Crippen LogP contribution in [0.5, 0.6) is 0 Å². The standard InChI is InChI=1S/C33H54N2O4S2/c1-5-6-7-8-9-10-11-12-13-14-15-16-17-18-19-20-21-22-23-24-31(38)34-25-26-40-41-33(3,4)29(2)32(39)35-30(27-36)28-37/h6-7,9-10,12-13,15-16,18-19,21-22,29-30,36-37H,5,8,11,14,17,20,23-28H2,1-4H3,(H,34,38)(H,35,39)/b7-6-,10-9-,13-12-,16-15-,19-18-,22-21-/t29-/m0/s1. The van der Waals surface area contributed by atoms with Crippen LogP contribution in [0.1, 0.15) is 79.1 Å². The summed E-state index contributed by atoms with van der Waals surface area (Å²) in [7, 11) is 3.22. The molecule has 0 bridgehead atoms. The van der Waals surface area contributed by atoms with Crippen LogP contribution in [0.4, 0.5) is 0 Å². The van der Waals surface area contributed by atoms with Crippen LogP contribution in [0, 0.1) is 5.92 Å². The van der Waals surface area contributed by atoms with Crippen LogP contribution in [0.3, 0.4) is 0 Å². The monoisotopic (exact) mass is 606 g/mol. The number of nitrogens with one attached hydrogen (secondary N) is 2. The molecule has 2 amide bonds. The molecule has 0 spiro atoms. The van der Waals surface area contributed by atoms with E-state index in [0.29, 0.717) is 13.0 Å². The summed E-state index contributed by atoms with van der Waals surface area (Å²) in [5, 5.41) is 23.9. The number of amides is 2. The summed E-state index contributed by atoms with van der Waals surface area (Å²) >= 11 is 0. The largest absolute Gasteiger partial charge is 0.394 e. The normalized spacial score (nSPS) is 13.7. The lowest BCUT2D eigenvalue weighted by molar-refractivity contribution is -0.126. The van der Waals surface area contributed by atoms with Gasteiger partial charge in [0.15, 0.2) is 0 Å². The first kappa shape index (κ1) is 39.0. The highest BCUT2D eigenvalue weighted by Gasteiger charge is 2.33. The van der Waals surface area contributed by atoms with E-state index in [2.05, 4.69) is 90.5 Å². The Morgan fingerprint density at radius 2 is 1.24 bits per heavy atom. The van der Waals surface area contributed by atoms with Crippen molar-refractivity contribution >= 4 is 33.4 Å². The van der Waals surface area contributed by atoms with Crippen LogP contribution in [-0.4, -0.2) is 58.3 Å². The molecule has 0 radical (unpaired) electrons. The number of hydrogen-bond donors (Lipinski definition) is 4. The first-order valence-electron chi connectivity index (χ1n) is 14.8. The van der Waals surface area contributed by atoms with Gasteiger partial charge in [0.1, 0.15) is 0 Å². The van der Waals surface area contributed by atoms with Gasteiger partial charge in [-0.15, -0.1) is 0 Å². The third-order valence-corrected chi connectivity index (χ3v) is 9.55. The van der Waals surface area contributed by atoms with Crippen molar-refractivity contribution in [1.82, 2.24) is 10.6 Å². The molecule has 1 atom stereocenters. The fraction of sp³-hybridized carbons (Fsp3) is 0.576. The highest BCUT2D eigenvalue weighted by atomic mass is 33.1. The predicted molar refractivity (Wildman–Crippen MR) is 180 cm³/mol. The number of aliphatic hydroxyl groups excluding tert-OH is 2. The molecule has 8 heteroatoms. The maximum absolute atomic E-state index is 12.4. The van der Waals surface area contributed by atoms with Gasteiger partial charge in [0, 0.05) is 23.5 Å². The molecular formula is C33H54N2O4S2. The van der Waals surface area contributed by atoms with E-state index < -0.39 is 6.04 Å². The first-order chi connectivity index (χ1) is 19.8. The topological polar surface area (TPSA) is 98.7 Å². The van der Waals surface area contributed by atoms with Gasteiger partial charge in [-0.05, 0) is 58.8 Å². The molecule has 0 aliphatic heterocycles. The molecule has 0 saturated carbocycles. The number of aliphatic hydroxyl groups is 2. The highest BCUT2D eigenvalue weighted by Crippen LogP contribution is 2.40. The molecule has 0 aliphatic carbocycles. The second kappa shape index (κ2) is 26.9. The van der Waals surface area contributed by atoms with Crippen molar-refractivity contribution in [1.29, 1.82) is 0 Å². The van der Waals surface area contributed by atoms with E-state index in [1.807, 2.05) is 20.8 Å². The molecular weight excluding hydrogens is 553 g/mol. The second-order valence-corrected chi connectivity index (χ2v) is 13.2. The van der Waals surface area contributed by atoms with E-state index >= 15 is 0 Å². The molecule has 0 fully saturated rings. The van der Waals surface area contributed by atoms with E-state index in [4.69, 9.17) is 10.2 Å². The number of rotatable bonds is 24. The summed E-state index contributed by atoms with van der Waals surface area (Å²) in [5.41, 5.74) is 0. The lowest BCUT2D eigenvalue weighted by Crippen LogP contribution is -2.46. The van der Waals surface area contributed by atoms with E-state index in [1.165, 1.54) is 0 Å². The molecule has 0 aromatic rings. The average molecular weight is 607 g/mol. The molecule has 0 unspecified atom stereocenters. The lowest BCUT2D eigenvalue weighted by Gasteiger charge is -2.30. The van der Waals surface area contributed by atoms with Crippen LogP contribution < -0.4 is 10.6 Å². The van der Waals surface area contributed by atoms with Crippen LogP contribution in [0.2, 0.25) is 0 Å². The van der Waals surface area contributed by atoms with Crippen molar-refractivity contribution in [2.75, 3.05) is 25.5 Å². The minimum Gasteiger partial charge on any atom is -0.394 e. The van der Waals surface area contributed by atoms with Gasteiger partial charge >= 0.3 is 0 Å². The Kier molecular flexibility index (Phi) is 25.6. The molecule has 0 heterocycles. The predicted octanol–water partition coefficient (Wildman–Crippen LogP) is 6.85. The molecule has 0 aromatic carbocycles. The molecule has 6 nitrogen and oxygen atoms in total. The molecule has 232 valence electrons. The van der Waals surface area contributed by atoms with Gasteiger partial charge in [-0.3, -0.25) is 9.59 Å². The summed E-state index contributed by atoms with van der Waals surface area (Å²) < 4.78 is -0.343. The zero-order chi connectivity index (χ0) is 30.6. The van der Waals surface area contributed by atoms with Crippen molar-refractivity contribution < 1.29 is 19.8 Å². The van der Waals surface area contributed by atoms with Gasteiger partial charge < -0.3 is 20.8 Å². The first-order valence-corrected chi connectivity index (χ1v) is 17.1. The van der Waals surface area contributed by atoms with Gasteiger partial charge in [0.2, 0.25) is 11.8 Å². The lowest BCUT2D eigenvalue weighted by atomic mass is 9.96. The number of allylic oxidation sites excluding steroid dienone is 12. The van der Waals surface area contributed by atoms with Gasteiger partial charge in [-0.1, -0.05) is 108 Å². The van der Waals surface area contributed by atoms with Crippen molar-refractivity contribution in [2.24, 2.45) is 5.92 Å². The zero-order valence-corrected chi connectivity index (χ0v) is 27.2. The smallest absolute Gasteiger partial charge is 0.224 e. The SMILES string of the molecule is CC/C=C\C/C=C\C/C=C\C/C=C\C/C=C\C/C=C\CCC(=O)NCCSSC(C)(C)[C@@H](C)C(=O)NC(CO)CO. The van der Waals surface area contributed by atoms with E-state index in [-0.39, 0.29) is 35.7 Å². The van der Waals surface area contributed by atoms with Crippen LogP contribution in [-0.2, 0) is 9.59 Å². The molecule has 41 heavy (non-hydrogen) atoms. The van der Waals surface area contributed by atoms with Gasteiger partial charge in [-0.25, -0.2) is 0 Å². The quantitative estimate of drug-likeness (QED) is 0.0545.